The molecule has 2 aromatic rings. The zero-order valence-corrected chi connectivity index (χ0v) is 18.0. The Bertz CT molecular complexity index is 1020. The van der Waals surface area contributed by atoms with Crippen molar-refractivity contribution in [2.75, 3.05) is 14.2 Å². The first-order chi connectivity index (χ1) is 14.7. The van der Waals surface area contributed by atoms with Gasteiger partial charge in [0.2, 0.25) is 0 Å². The average molecular weight is 428 g/mol. The second-order valence-corrected chi connectivity index (χ2v) is 6.97. The van der Waals surface area contributed by atoms with Crippen molar-refractivity contribution in [3.63, 3.8) is 0 Å². The summed E-state index contributed by atoms with van der Waals surface area (Å²) in [5, 5.41) is 0. The molecule has 0 aliphatic heterocycles. The van der Waals surface area contributed by atoms with E-state index in [0.717, 1.165) is 0 Å². The van der Waals surface area contributed by atoms with Crippen LogP contribution < -0.4 is 9.47 Å². The van der Waals surface area contributed by atoms with Gasteiger partial charge >= 0.3 is 11.9 Å². The Balaban J connectivity index is 2.50. The van der Waals surface area contributed by atoms with Gasteiger partial charge in [0.25, 0.3) is 0 Å². The number of carbonyl (C=O) groups is 2. The van der Waals surface area contributed by atoms with Gasteiger partial charge in [-0.2, -0.15) is 0 Å². The second-order valence-electron chi connectivity index (χ2n) is 6.97. The molecule has 0 aromatic heterocycles. The normalized spacial score (nSPS) is 10.5. The molecule has 0 aliphatic rings. The summed E-state index contributed by atoms with van der Waals surface area (Å²) in [4.78, 5) is 23.8. The maximum absolute atomic E-state index is 14.9. The molecule has 0 unspecified atom stereocenters. The molecule has 0 heterocycles. The van der Waals surface area contributed by atoms with E-state index in [1.54, 1.807) is 31.2 Å². The fourth-order valence-electron chi connectivity index (χ4n) is 2.69. The number of halogens is 1. The van der Waals surface area contributed by atoms with Crippen LogP contribution in [-0.2, 0) is 32.3 Å². The zero-order valence-electron chi connectivity index (χ0n) is 18.0. The number of hydrogen-bond acceptors (Lipinski definition) is 6. The van der Waals surface area contributed by atoms with Gasteiger partial charge in [-0.3, -0.25) is 0 Å². The van der Waals surface area contributed by atoms with Gasteiger partial charge in [-0.05, 0) is 49.2 Å². The Morgan fingerprint density at radius 2 is 1.39 bits per heavy atom. The molecule has 6 nitrogen and oxygen atoms in total. The van der Waals surface area contributed by atoms with Crippen molar-refractivity contribution in [1.82, 2.24) is 0 Å². The summed E-state index contributed by atoms with van der Waals surface area (Å²) in [5.41, 5.74) is 2.54. The van der Waals surface area contributed by atoms with Crippen molar-refractivity contribution in [3.05, 3.63) is 71.6 Å². The molecule has 0 bridgehead atoms. The molecule has 7 heteroatoms. The van der Waals surface area contributed by atoms with Crippen LogP contribution in [0.1, 0.15) is 25.0 Å². The molecule has 0 N–H and O–H groups in total. The first-order valence-electron chi connectivity index (χ1n) is 9.36. The van der Waals surface area contributed by atoms with E-state index in [9.17, 15) is 14.0 Å². The van der Waals surface area contributed by atoms with Gasteiger partial charge in [0.1, 0.15) is 5.75 Å². The van der Waals surface area contributed by atoms with Crippen molar-refractivity contribution in [3.8, 4) is 22.6 Å². The van der Waals surface area contributed by atoms with Crippen LogP contribution in [0.2, 0.25) is 0 Å². The molecule has 0 atom stereocenters. The lowest BCUT2D eigenvalue weighted by Crippen LogP contribution is -2.12. The zero-order chi connectivity index (χ0) is 23.1. The van der Waals surface area contributed by atoms with Crippen LogP contribution >= 0.6 is 0 Å². The Labute approximate surface area is 180 Å². The standard InChI is InChI=1S/C24H25FO6/c1-14(2)23(26)30-21-8-7-16(9-18(21)12-28-5)17-10-19(13-29-6)22(20(25)11-17)31-24(27)15(3)4/h7-11H,1,3,12-13H2,2,4-6H3. The molecule has 0 amide bonds. The predicted molar refractivity (Wildman–Crippen MR) is 114 cm³/mol. The Kier molecular flexibility index (Phi) is 8.24. The third-order valence-corrected chi connectivity index (χ3v) is 4.21. The molecule has 2 rings (SSSR count). The monoisotopic (exact) mass is 428 g/mol. The van der Waals surface area contributed by atoms with Crippen molar-refractivity contribution in [1.29, 1.82) is 0 Å². The molecule has 31 heavy (non-hydrogen) atoms. The SMILES string of the molecule is C=C(C)C(=O)Oc1ccc(-c2cc(F)c(OC(=O)C(=C)C)c(COC)c2)cc1COC. The van der Waals surface area contributed by atoms with Crippen LogP contribution in [0.15, 0.2) is 54.6 Å². The first-order valence-corrected chi connectivity index (χ1v) is 9.36. The van der Waals surface area contributed by atoms with Gasteiger partial charge in [0, 0.05) is 36.5 Å². The summed E-state index contributed by atoms with van der Waals surface area (Å²) in [7, 11) is 2.97. The smallest absolute Gasteiger partial charge is 0.338 e. The number of carbonyl (C=O) groups excluding carboxylic acids is 2. The Morgan fingerprint density at radius 1 is 0.839 bits per heavy atom. The lowest BCUT2D eigenvalue weighted by atomic mass is 9.99. The van der Waals surface area contributed by atoms with E-state index in [4.69, 9.17) is 18.9 Å². The van der Waals surface area contributed by atoms with E-state index in [1.807, 2.05) is 0 Å². The maximum Gasteiger partial charge on any atom is 0.338 e. The lowest BCUT2D eigenvalue weighted by Gasteiger charge is -2.15. The summed E-state index contributed by atoms with van der Waals surface area (Å²) >= 11 is 0. The number of esters is 2. The van der Waals surface area contributed by atoms with Crippen LogP contribution in [0, 0.1) is 5.82 Å². The summed E-state index contributed by atoms with van der Waals surface area (Å²) in [6, 6.07) is 7.94. The minimum Gasteiger partial charge on any atom is -0.423 e. The fraction of sp³-hybridized carbons (Fsp3) is 0.250. The van der Waals surface area contributed by atoms with Gasteiger partial charge in [-0.15, -0.1) is 0 Å². The Morgan fingerprint density at radius 3 is 1.97 bits per heavy atom. The van der Waals surface area contributed by atoms with Gasteiger partial charge in [-0.25, -0.2) is 14.0 Å². The highest BCUT2D eigenvalue weighted by Crippen LogP contribution is 2.33. The van der Waals surface area contributed by atoms with E-state index in [1.165, 1.54) is 27.2 Å². The van der Waals surface area contributed by atoms with E-state index in [-0.39, 0.29) is 30.1 Å². The van der Waals surface area contributed by atoms with E-state index >= 15 is 0 Å². The van der Waals surface area contributed by atoms with Crippen molar-refractivity contribution in [2.24, 2.45) is 0 Å². The van der Waals surface area contributed by atoms with Crippen LogP contribution in [0.3, 0.4) is 0 Å². The number of benzene rings is 2. The van der Waals surface area contributed by atoms with Gasteiger partial charge < -0.3 is 18.9 Å². The lowest BCUT2D eigenvalue weighted by molar-refractivity contribution is -0.131. The van der Waals surface area contributed by atoms with Crippen LogP contribution in [0.25, 0.3) is 11.1 Å². The minimum atomic E-state index is -0.727. The molecular weight excluding hydrogens is 403 g/mol. The molecule has 0 radical (unpaired) electrons. The van der Waals surface area contributed by atoms with E-state index in [2.05, 4.69) is 13.2 Å². The molecular formula is C24H25FO6. The van der Waals surface area contributed by atoms with Crippen LogP contribution in [-0.4, -0.2) is 26.2 Å². The predicted octanol–water partition coefficient (Wildman–Crippen LogP) is 4.75. The minimum absolute atomic E-state index is 0.0306. The second kappa shape index (κ2) is 10.7. The summed E-state index contributed by atoms with van der Waals surface area (Å²) in [5.74, 6) is -1.88. The number of rotatable bonds is 9. The fourth-order valence-corrected chi connectivity index (χ4v) is 2.69. The molecule has 0 saturated carbocycles. The molecule has 2 aromatic carbocycles. The average Bonchev–Trinajstić information content (AvgIpc) is 2.71. The Hall–Kier alpha value is -3.29. The van der Waals surface area contributed by atoms with Crippen LogP contribution in [0.4, 0.5) is 4.39 Å². The van der Waals surface area contributed by atoms with Crippen molar-refractivity contribution in [2.45, 2.75) is 27.1 Å². The third kappa shape index (κ3) is 6.10. The topological polar surface area (TPSA) is 71.1 Å². The van der Waals surface area contributed by atoms with E-state index < -0.39 is 17.8 Å². The summed E-state index contributed by atoms with van der Waals surface area (Å²) in [6.45, 7) is 10.3. The first kappa shape index (κ1) is 24.0. The highest BCUT2D eigenvalue weighted by molar-refractivity contribution is 5.89. The molecule has 164 valence electrons. The van der Waals surface area contributed by atoms with Crippen LogP contribution in [0.5, 0.6) is 11.5 Å². The third-order valence-electron chi connectivity index (χ3n) is 4.21. The van der Waals surface area contributed by atoms with Gasteiger partial charge in [0.05, 0.1) is 13.2 Å². The molecule has 0 fully saturated rings. The summed E-state index contributed by atoms with van der Waals surface area (Å²) < 4.78 is 35.7. The number of methoxy groups -OCH3 is 2. The van der Waals surface area contributed by atoms with Crippen molar-refractivity contribution >= 4 is 11.9 Å². The van der Waals surface area contributed by atoms with E-state index in [0.29, 0.717) is 28.0 Å². The van der Waals surface area contributed by atoms with Crippen molar-refractivity contribution < 1.29 is 32.9 Å². The number of ether oxygens (including phenoxy) is 4. The largest absolute Gasteiger partial charge is 0.423 e. The van der Waals surface area contributed by atoms with Gasteiger partial charge in [-0.1, -0.05) is 19.2 Å². The highest BCUT2D eigenvalue weighted by atomic mass is 19.1. The molecule has 0 aliphatic carbocycles. The maximum atomic E-state index is 14.9. The molecule has 0 saturated heterocycles. The number of hydrogen-bond donors (Lipinski definition) is 0. The van der Waals surface area contributed by atoms with Gasteiger partial charge in [0.15, 0.2) is 11.6 Å². The highest BCUT2D eigenvalue weighted by Gasteiger charge is 2.18. The summed E-state index contributed by atoms with van der Waals surface area (Å²) in [6.07, 6.45) is 0. The quantitative estimate of drug-likeness (QED) is 0.326. The molecule has 0 spiro atoms.